The van der Waals surface area contributed by atoms with E-state index in [0.29, 0.717) is 30.7 Å². The minimum atomic E-state index is 0. The van der Waals surface area contributed by atoms with Crippen LogP contribution in [0.15, 0.2) is 53.7 Å². The molecule has 2 aromatic rings. The Hall–Kier alpha value is -1.54. The van der Waals surface area contributed by atoms with E-state index in [1.54, 1.807) is 25.4 Å². The Morgan fingerprint density at radius 1 is 1.17 bits per heavy atom. The van der Waals surface area contributed by atoms with Crippen LogP contribution in [0.5, 0.6) is 5.75 Å². The lowest BCUT2D eigenvalue weighted by Crippen LogP contribution is -2.39. The fourth-order valence-corrected chi connectivity index (χ4v) is 1.89. The average Bonchev–Trinajstić information content (AvgIpc) is 2.57. The van der Waals surface area contributed by atoms with Crippen molar-refractivity contribution in [3.63, 3.8) is 0 Å². The van der Waals surface area contributed by atoms with Gasteiger partial charge in [0, 0.05) is 18.3 Å². The highest BCUT2D eigenvalue weighted by Gasteiger charge is 1.99. The van der Waals surface area contributed by atoms with Gasteiger partial charge in [0.05, 0.1) is 18.8 Å². The Morgan fingerprint density at radius 3 is 2.61 bits per heavy atom. The van der Waals surface area contributed by atoms with Crippen molar-refractivity contribution < 1.29 is 4.74 Å². The van der Waals surface area contributed by atoms with Gasteiger partial charge in [-0.2, -0.15) is 0 Å². The first-order valence-electron chi connectivity index (χ1n) is 7.01. The smallest absolute Gasteiger partial charge is 0.191 e. The number of aliphatic imine (C=N–C) groups is 1. The molecule has 0 saturated carbocycles. The van der Waals surface area contributed by atoms with Gasteiger partial charge in [0.25, 0.3) is 0 Å². The van der Waals surface area contributed by atoms with Crippen molar-refractivity contribution >= 4 is 41.5 Å². The van der Waals surface area contributed by atoms with Gasteiger partial charge in [0.2, 0.25) is 0 Å². The lowest BCUT2D eigenvalue weighted by molar-refractivity contribution is 0.322. The first kappa shape index (κ1) is 19.5. The second kappa shape index (κ2) is 11.1. The number of hydrogen-bond acceptors (Lipinski definition) is 3. The number of aromatic nitrogens is 1. The number of rotatable bonds is 6. The Balaban J connectivity index is 0.00000264. The van der Waals surface area contributed by atoms with Crippen LogP contribution in [0.2, 0.25) is 5.02 Å². The Morgan fingerprint density at radius 2 is 1.96 bits per heavy atom. The van der Waals surface area contributed by atoms with Gasteiger partial charge in [-0.3, -0.25) is 9.98 Å². The summed E-state index contributed by atoms with van der Waals surface area (Å²) in [5, 5.41) is 7.08. The molecule has 0 fully saturated rings. The number of nitrogens with one attached hydrogen (secondary N) is 2. The monoisotopic (exact) mass is 446 g/mol. The third-order valence-electron chi connectivity index (χ3n) is 2.86. The van der Waals surface area contributed by atoms with Crippen LogP contribution in [0.3, 0.4) is 0 Å². The van der Waals surface area contributed by atoms with Gasteiger partial charge in [0.1, 0.15) is 12.4 Å². The summed E-state index contributed by atoms with van der Waals surface area (Å²) in [7, 11) is 1.73. The zero-order valence-corrected chi connectivity index (χ0v) is 15.9. The third kappa shape index (κ3) is 7.51. The first-order valence-corrected chi connectivity index (χ1v) is 7.38. The molecular formula is C16H20ClIN4O. The van der Waals surface area contributed by atoms with Crippen molar-refractivity contribution in [2.24, 2.45) is 4.99 Å². The van der Waals surface area contributed by atoms with Gasteiger partial charge in [0.15, 0.2) is 5.96 Å². The molecule has 124 valence electrons. The Labute approximate surface area is 158 Å². The fourth-order valence-electron chi connectivity index (χ4n) is 1.77. The number of pyridine rings is 1. The fraction of sp³-hybridized carbons (Fsp3) is 0.250. The summed E-state index contributed by atoms with van der Waals surface area (Å²) in [6.07, 6.45) is 1.77. The van der Waals surface area contributed by atoms with Crippen molar-refractivity contribution in [2.45, 2.75) is 6.54 Å². The zero-order valence-electron chi connectivity index (χ0n) is 12.8. The maximum Gasteiger partial charge on any atom is 0.191 e. The molecule has 0 aliphatic carbocycles. The summed E-state index contributed by atoms with van der Waals surface area (Å²) in [6, 6.07) is 13.1. The predicted octanol–water partition coefficient (Wildman–Crippen LogP) is 3.10. The minimum Gasteiger partial charge on any atom is -0.492 e. The van der Waals surface area contributed by atoms with Crippen LogP contribution < -0.4 is 15.4 Å². The van der Waals surface area contributed by atoms with E-state index in [4.69, 9.17) is 16.3 Å². The van der Waals surface area contributed by atoms with Crippen molar-refractivity contribution in [1.29, 1.82) is 0 Å². The number of guanidine groups is 1. The zero-order chi connectivity index (χ0) is 15.6. The molecule has 0 unspecified atom stereocenters. The number of nitrogens with zero attached hydrogens (tertiary/aromatic N) is 2. The number of ether oxygens (including phenoxy) is 1. The first-order chi connectivity index (χ1) is 10.8. The van der Waals surface area contributed by atoms with Gasteiger partial charge in [-0.05, 0) is 36.4 Å². The van der Waals surface area contributed by atoms with Crippen molar-refractivity contribution in [3.8, 4) is 5.75 Å². The Bertz CT molecular complexity index is 593. The maximum absolute atomic E-state index is 5.82. The molecule has 0 bridgehead atoms. The third-order valence-corrected chi connectivity index (χ3v) is 3.12. The second-order valence-electron chi connectivity index (χ2n) is 4.48. The predicted molar refractivity (Wildman–Crippen MR) is 105 cm³/mol. The van der Waals surface area contributed by atoms with E-state index >= 15 is 0 Å². The molecule has 0 saturated heterocycles. The number of benzene rings is 1. The van der Waals surface area contributed by atoms with Gasteiger partial charge in [-0.15, -0.1) is 24.0 Å². The van der Waals surface area contributed by atoms with Crippen LogP contribution in [-0.4, -0.2) is 31.1 Å². The quantitative estimate of drug-likeness (QED) is 0.310. The summed E-state index contributed by atoms with van der Waals surface area (Å²) < 4.78 is 5.60. The molecule has 0 atom stereocenters. The van der Waals surface area contributed by atoms with E-state index in [2.05, 4.69) is 20.6 Å². The molecule has 2 rings (SSSR count). The van der Waals surface area contributed by atoms with E-state index < -0.39 is 0 Å². The molecule has 1 heterocycles. The standard InChI is InChI=1S/C16H19ClN4O.HI/c1-18-16(21-12-14-4-2-3-9-19-14)20-10-11-22-15-7-5-13(17)6-8-15;/h2-9H,10-12H2,1H3,(H2,18,20,21);1H. The molecule has 1 aromatic carbocycles. The summed E-state index contributed by atoms with van der Waals surface area (Å²) in [5.74, 6) is 1.51. The van der Waals surface area contributed by atoms with Gasteiger partial charge in [-0.1, -0.05) is 17.7 Å². The molecule has 1 aromatic heterocycles. The molecule has 0 amide bonds. The van der Waals surface area contributed by atoms with Crippen molar-refractivity contribution in [3.05, 3.63) is 59.4 Å². The van der Waals surface area contributed by atoms with Crippen molar-refractivity contribution in [2.75, 3.05) is 20.2 Å². The molecule has 23 heavy (non-hydrogen) atoms. The van der Waals surface area contributed by atoms with E-state index in [9.17, 15) is 0 Å². The topological polar surface area (TPSA) is 58.5 Å². The van der Waals surface area contributed by atoms with Gasteiger partial charge in [-0.25, -0.2) is 0 Å². The summed E-state index contributed by atoms with van der Waals surface area (Å²) in [5.41, 5.74) is 0.961. The van der Waals surface area contributed by atoms with E-state index in [1.807, 2.05) is 30.3 Å². The molecule has 2 N–H and O–H groups in total. The lowest BCUT2D eigenvalue weighted by Gasteiger charge is -2.12. The molecule has 5 nitrogen and oxygen atoms in total. The van der Waals surface area contributed by atoms with Crippen LogP contribution in [0.4, 0.5) is 0 Å². The summed E-state index contributed by atoms with van der Waals surface area (Å²) >= 11 is 5.82. The molecule has 7 heteroatoms. The highest BCUT2D eigenvalue weighted by atomic mass is 127. The van der Waals surface area contributed by atoms with E-state index in [1.165, 1.54) is 0 Å². The molecule has 0 spiro atoms. The molecular weight excluding hydrogens is 427 g/mol. The SMILES string of the molecule is CN=C(NCCOc1ccc(Cl)cc1)NCc1ccccn1.I. The molecule has 0 aliphatic heterocycles. The summed E-state index contributed by atoms with van der Waals surface area (Å²) in [6.45, 7) is 1.80. The van der Waals surface area contributed by atoms with E-state index in [-0.39, 0.29) is 24.0 Å². The second-order valence-corrected chi connectivity index (χ2v) is 4.91. The maximum atomic E-state index is 5.82. The highest BCUT2D eigenvalue weighted by molar-refractivity contribution is 14.0. The minimum absolute atomic E-state index is 0. The molecule has 0 aliphatic rings. The van der Waals surface area contributed by atoms with Gasteiger partial charge < -0.3 is 15.4 Å². The largest absolute Gasteiger partial charge is 0.492 e. The van der Waals surface area contributed by atoms with Crippen LogP contribution >= 0.6 is 35.6 Å². The highest BCUT2D eigenvalue weighted by Crippen LogP contribution is 2.14. The van der Waals surface area contributed by atoms with Crippen LogP contribution in [0.1, 0.15) is 5.69 Å². The van der Waals surface area contributed by atoms with Crippen LogP contribution in [0, 0.1) is 0 Å². The van der Waals surface area contributed by atoms with Crippen molar-refractivity contribution in [1.82, 2.24) is 15.6 Å². The number of halogens is 2. The van der Waals surface area contributed by atoms with Gasteiger partial charge >= 0.3 is 0 Å². The Kier molecular flexibility index (Phi) is 9.39. The van der Waals surface area contributed by atoms with E-state index in [0.717, 1.165) is 11.4 Å². The van der Waals surface area contributed by atoms with Crippen LogP contribution in [0.25, 0.3) is 0 Å². The van der Waals surface area contributed by atoms with Crippen LogP contribution in [-0.2, 0) is 6.54 Å². The molecule has 0 radical (unpaired) electrons. The number of hydrogen-bond donors (Lipinski definition) is 2. The average molecular weight is 447 g/mol. The summed E-state index contributed by atoms with van der Waals surface area (Å²) in [4.78, 5) is 8.40. The lowest BCUT2D eigenvalue weighted by atomic mass is 10.3. The normalized spacial score (nSPS) is 10.6.